The number of benzene rings is 1. The van der Waals surface area contributed by atoms with Gasteiger partial charge in [0.2, 0.25) is 6.79 Å². The third kappa shape index (κ3) is 2.41. The molecule has 1 heterocycles. The van der Waals surface area contributed by atoms with Crippen molar-refractivity contribution in [3.8, 4) is 11.5 Å². The van der Waals surface area contributed by atoms with Gasteiger partial charge in [0.15, 0.2) is 11.5 Å². The van der Waals surface area contributed by atoms with Crippen molar-refractivity contribution in [2.75, 3.05) is 6.79 Å². The van der Waals surface area contributed by atoms with E-state index in [2.05, 4.69) is 0 Å². The number of fused-ring (bicyclic) bond motifs is 1. The monoisotopic (exact) mass is 234 g/mol. The average Bonchev–Trinajstić information content (AvgIpc) is 2.76. The minimum absolute atomic E-state index is 0.194. The molecule has 0 radical (unpaired) electrons. The lowest BCUT2D eigenvalue weighted by atomic mass is 10.0. The predicted molar refractivity (Wildman–Crippen MR) is 63.1 cm³/mol. The zero-order valence-corrected chi connectivity index (χ0v) is 9.60. The van der Waals surface area contributed by atoms with E-state index in [0.717, 1.165) is 12.8 Å². The third-order valence-corrected chi connectivity index (χ3v) is 2.55. The second-order valence-corrected chi connectivity index (χ2v) is 3.78. The summed E-state index contributed by atoms with van der Waals surface area (Å²) in [7, 11) is 0. The number of ether oxygens (including phenoxy) is 2. The maximum absolute atomic E-state index is 11.2. The Labute approximate surface area is 99.5 Å². The Kier molecular flexibility index (Phi) is 3.32. The number of hydrogen-bond donors (Lipinski definition) is 1. The largest absolute Gasteiger partial charge is 0.478 e. The summed E-state index contributed by atoms with van der Waals surface area (Å²) in [5.74, 6) is 0.345. The van der Waals surface area contributed by atoms with Crippen LogP contribution in [0.2, 0.25) is 0 Å². The van der Waals surface area contributed by atoms with Crippen LogP contribution in [0, 0.1) is 0 Å². The van der Waals surface area contributed by atoms with Crippen LogP contribution in [0.4, 0.5) is 0 Å². The Bertz CT molecular complexity index is 462. The maximum atomic E-state index is 11.2. The SMILES string of the molecule is CCCC=C(C(=O)O)c1ccc2c(c1)OCO2. The van der Waals surface area contributed by atoms with Gasteiger partial charge in [-0.1, -0.05) is 25.5 Å². The molecule has 0 atom stereocenters. The second kappa shape index (κ2) is 4.91. The number of aliphatic carboxylic acids is 1. The van der Waals surface area contributed by atoms with Gasteiger partial charge in [-0.15, -0.1) is 0 Å². The van der Waals surface area contributed by atoms with Crippen molar-refractivity contribution in [3.63, 3.8) is 0 Å². The fraction of sp³-hybridized carbons (Fsp3) is 0.308. The lowest BCUT2D eigenvalue weighted by molar-refractivity contribution is -0.130. The average molecular weight is 234 g/mol. The van der Waals surface area contributed by atoms with Crippen LogP contribution in [-0.4, -0.2) is 17.9 Å². The highest BCUT2D eigenvalue weighted by atomic mass is 16.7. The Morgan fingerprint density at radius 1 is 1.41 bits per heavy atom. The molecule has 0 aromatic heterocycles. The van der Waals surface area contributed by atoms with Crippen LogP contribution >= 0.6 is 0 Å². The van der Waals surface area contributed by atoms with Gasteiger partial charge >= 0.3 is 5.97 Å². The molecular formula is C13H14O4. The summed E-state index contributed by atoms with van der Waals surface area (Å²) in [6, 6.07) is 5.18. The molecular weight excluding hydrogens is 220 g/mol. The quantitative estimate of drug-likeness (QED) is 0.814. The summed E-state index contributed by atoms with van der Waals surface area (Å²) in [5, 5.41) is 9.16. The fourth-order valence-corrected chi connectivity index (χ4v) is 1.68. The summed E-state index contributed by atoms with van der Waals surface area (Å²) < 4.78 is 10.4. The fourth-order valence-electron chi connectivity index (χ4n) is 1.68. The van der Waals surface area contributed by atoms with Gasteiger partial charge < -0.3 is 14.6 Å². The standard InChI is InChI=1S/C13H14O4/c1-2-3-4-10(13(14)15)9-5-6-11-12(7-9)17-8-16-11/h4-7H,2-3,8H2,1H3,(H,14,15). The molecule has 0 aliphatic carbocycles. The van der Waals surface area contributed by atoms with E-state index in [1.54, 1.807) is 24.3 Å². The first-order valence-corrected chi connectivity index (χ1v) is 5.56. The van der Waals surface area contributed by atoms with Gasteiger partial charge in [0, 0.05) is 0 Å². The minimum atomic E-state index is -0.919. The van der Waals surface area contributed by atoms with Gasteiger partial charge in [0.1, 0.15) is 0 Å². The van der Waals surface area contributed by atoms with Gasteiger partial charge in [-0.2, -0.15) is 0 Å². The van der Waals surface area contributed by atoms with Crippen LogP contribution in [0.3, 0.4) is 0 Å². The van der Waals surface area contributed by atoms with Crippen molar-refractivity contribution < 1.29 is 19.4 Å². The molecule has 4 heteroatoms. The lowest BCUT2D eigenvalue weighted by Crippen LogP contribution is -1.99. The van der Waals surface area contributed by atoms with Crippen LogP contribution in [0.15, 0.2) is 24.3 Å². The molecule has 1 N–H and O–H groups in total. The van der Waals surface area contributed by atoms with E-state index in [0.29, 0.717) is 22.6 Å². The molecule has 0 saturated carbocycles. The second-order valence-electron chi connectivity index (χ2n) is 3.78. The normalized spacial score (nSPS) is 13.8. The number of carboxylic acids is 1. The van der Waals surface area contributed by atoms with Crippen LogP contribution in [0.1, 0.15) is 25.3 Å². The molecule has 17 heavy (non-hydrogen) atoms. The van der Waals surface area contributed by atoms with Gasteiger partial charge in [-0.3, -0.25) is 0 Å². The Balaban J connectivity index is 2.33. The van der Waals surface area contributed by atoms with Crippen molar-refractivity contribution in [3.05, 3.63) is 29.8 Å². The highest BCUT2D eigenvalue weighted by Crippen LogP contribution is 2.34. The van der Waals surface area contributed by atoms with Crippen molar-refractivity contribution >= 4 is 11.5 Å². The third-order valence-electron chi connectivity index (χ3n) is 2.55. The first-order chi connectivity index (χ1) is 8.22. The maximum Gasteiger partial charge on any atom is 0.335 e. The van der Waals surface area contributed by atoms with E-state index >= 15 is 0 Å². The van der Waals surface area contributed by atoms with Crippen molar-refractivity contribution in [2.45, 2.75) is 19.8 Å². The highest BCUT2D eigenvalue weighted by Gasteiger charge is 2.17. The summed E-state index contributed by atoms with van der Waals surface area (Å²) in [4.78, 5) is 11.2. The van der Waals surface area contributed by atoms with E-state index in [9.17, 15) is 4.79 Å². The van der Waals surface area contributed by atoms with E-state index in [4.69, 9.17) is 14.6 Å². The Hall–Kier alpha value is -1.97. The molecule has 0 unspecified atom stereocenters. The van der Waals surface area contributed by atoms with Crippen LogP contribution in [0.5, 0.6) is 11.5 Å². The molecule has 0 bridgehead atoms. The molecule has 1 aliphatic rings. The highest BCUT2D eigenvalue weighted by molar-refractivity contribution is 6.15. The number of carboxylic acid groups (broad SMARTS) is 1. The number of hydrogen-bond acceptors (Lipinski definition) is 3. The molecule has 0 fully saturated rings. The zero-order valence-electron chi connectivity index (χ0n) is 9.60. The predicted octanol–water partition coefficient (Wildman–Crippen LogP) is 2.68. The van der Waals surface area contributed by atoms with E-state index in [-0.39, 0.29) is 6.79 Å². The summed E-state index contributed by atoms with van der Waals surface area (Å²) in [6.45, 7) is 2.20. The van der Waals surface area contributed by atoms with E-state index in [1.807, 2.05) is 6.92 Å². The molecule has 0 spiro atoms. The van der Waals surface area contributed by atoms with Gasteiger partial charge in [0.25, 0.3) is 0 Å². The van der Waals surface area contributed by atoms with Crippen LogP contribution in [0.25, 0.3) is 5.57 Å². The minimum Gasteiger partial charge on any atom is -0.478 e. The Morgan fingerprint density at radius 3 is 2.88 bits per heavy atom. The van der Waals surface area contributed by atoms with Gasteiger partial charge in [0.05, 0.1) is 5.57 Å². The van der Waals surface area contributed by atoms with E-state index < -0.39 is 5.97 Å². The van der Waals surface area contributed by atoms with Crippen molar-refractivity contribution in [1.29, 1.82) is 0 Å². The topological polar surface area (TPSA) is 55.8 Å². The summed E-state index contributed by atoms with van der Waals surface area (Å²) in [6.07, 6.45) is 3.40. The van der Waals surface area contributed by atoms with Gasteiger partial charge in [-0.05, 0) is 24.1 Å². The van der Waals surface area contributed by atoms with Crippen LogP contribution in [-0.2, 0) is 4.79 Å². The molecule has 2 rings (SSSR count). The number of rotatable bonds is 4. The molecule has 1 aromatic carbocycles. The Morgan fingerprint density at radius 2 is 2.18 bits per heavy atom. The number of unbranched alkanes of at least 4 members (excludes halogenated alkanes) is 1. The van der Waals surface area contributed by atoms with Gasteiger partial charge in [-0.25, -0.2) is 4.79 Å². The first-order valence-electron chi connectivity index (χ1n) is 5.56. The molecule has 4 nitrogen and oxygen atoms in total. The number of carbonyl (C=O) groups is 1. The molecule has 90 valence electrons. The molecule has 0 amide bonds. The number of allylic oxidation sites excluding steroid dienone is 1. The molecule has 1 aromatic rings. The molecule has 1 aliphatic heterocycles. The first kappa shape index (κ1) is 11.5. The van der Waals surface area contributed by atoms with Crippen LogP contribution < -0.4 is 9.47 Å². The smallest absolute Gasteiger partial charge is 0.335 e. The molecule has 0 saturated heterocycles. The van der Waals surface area contributed by atoms with Crippen molar-refractivity contribution in [1.82, 2.24) is 0 Å². The summed E-state index contributed by atoms with van der Waals surface area (Å²) >= 11 is 0. The van der Waals surface area contributed by atoms with E-state index in [1.165, 1.54) is 0 Å². The zero-order chi connectivity index (χ0) is 12.3. The lowest BCUT2D eigenvalue weighted by Gasteiger charge is -2.04. The summed E-state index contributed by atoms with van der Waals surface area (Å²) in [5.41, 5.74) is 0.959. The van der Waals surface area contributed by atoms with Crippen molar-refractivity contribution in [2.24, 2.45) is 0 Å².